The maximum Gasteiger partial charge on any atom is 0.227 e. The summed E-state index contributed by atoms with van der Waals surface area (Å²) < 4.78 is 0. The number of nitrogens with one attached hydrogen (secondary N) is 1. The van der Waals surface area contributed by atoms with Gasteiger partial charge in [0.05, 0.1) is 6.42 Å². The standard InChI is InChI=1S/C13H16Cl2N2O.ClH/c1-9-8-16-5-6-17(9)13(18)7-10-11(14)3-2-4-12(10)15;/h2-4,9,16H,5-8H2,1H3;1H. The number of amides is 1. The van der Waals surface area contributed by atoms with Crippen molar-refractivity contribution in [1.29, 1.82) is 0 Å². The third-order valence-corrected chi connectivity index (χ3v) is 3.92. The van der Waals surface area contributed by atoms with E-state index in [9.17, 15) is 4.79 Å². The molecular formula is C13H17Cl3N2O. The summed E-state index contributed by atoms with van der Waals surface area (Å²) >= 11 is 12.2. The molecule has 6 heteroatoms. The summed E-state index contributed by atoms with van der Waals surface area (Å²) in [5.74, 6) is 0.0824. The second-order valence-corrected chi connectivity index (χ2v) is 5.33. The first-order chi connectivity index (χ1) is 8.59. The molecule has 1 aliphatic rings. The highest BCUT2D eigenvalue weighted by Gasteiger charge is 2.24. The number of rotatable bonds is 2. The van der Waals surface area contributed by atoms with E-state index in [2.05, 4.69) is 5.32 Å². The Morgan fingerprint density at radius 1 is 1.42 bits per heavy atom. The molecule has 3 nitrogen and oxygen atoms in total. The molecule has 1 atom stereocenters. The van der Waals surface area contributed by atoms with E-state index in [-0.39, 0.29) is 30.8 Å². The predicted octanol–water partition coefficient (Wildman–Crippen LogP) is 2.78. The summed E-state index contributed by atoms with van der Waals surface area (Å²) in [6, 6.07) is 5.52. The predicted molar refractivity (Wildman–Crippen MR) is 81.5 cm³/mol. The summed E-state index contributed by atoms with van der Waals surface area (Å²) in [6.07, 6.45) is 0.267. The van der Waals surface area contributed by atoms with Gasteiger partial charge in [0.15, 0.2) is 0 Å². The molecule has 1 heterocycles. The van der Waals surface area contributed by atoms with E-state index in [4.69, 9.17) is 23.2 Å². The largest absolute Gasteiger partial charge is 0.337 e. The van der Waals surface area contributed by atoms with Crippen LogP contribution in [0.2, 0.25) is 10.0 Å². The fourth-order valence-electron chi connectivity index (χ4n) is 2.17. The second-order valence-electron chi connectivity index (χ2n) is 4.52. The van der Waals surface area contributed by atoms with Gasteiger partial charge in [-0.1, -0.05) is 29.3 Å². The molecule has 1 aliphatic heterocycles. The Balaban J connectivity index is 0.00000180. The number of benzene rings is 1. The number of hydrogen-bond donors (Lipinski definition) is 1. The van der Waals surface area contributed by atoms with Crippen molar-refractivity contribution >= 4 is 41.5 Å². The number of hydrogen-bond acceptors (Lipinski definition) is 2. The van der Waals surface area contributed by atoms with Gasteiger partial charge in [-0.2, -0.15) is 0 Å². The van der Waals surface area contributed by atoms with Crippen molar-refractivity contribution in [3.63, 3.8) is 0 Å². The fourth-order valence-corrected chi connectivity index (χ4v) is 2.70. The van der Waals surface area contributed by atoms with E-state index in [1.54, 1.807) is 18.2 Å². The number of halogens is 3. The van der Waals surface area contributed by atoms with Crippen LogP contribution in [0.4, 0.5) is 0 Å². The molecule has 0 aromatic heterocycles. The lowest BCUT2D eigenvalue weighted by atomic mass is 10.1. The van der Waals surface area contributed by atoms with Crippen LogP contribution in [0.1, 0.15) is 12.5 Å². The number of carbonyl (C=O) groups is 1. The maximum absolute atomic E-state index is 12.3. The van der Waals surface area contributed by atoms with Gasteiger partial charge in [0.1, 0.15) is 0 Å². The van der Waals surface area contributed by atoms with Gasteiger partial charge >= 0.3 is 0 Å². The average Bonchev–Trinajstić information content (AvgIpc) is 2.34. The van der Waals surface area contributed by atoms with Crippen LogP contribution in [0.5, 0.6) is 0 Å². The lowest BCUT2D eigenvalue weighted by Crippen LogP contribution is -2.52. The maximum atomic E-state index is 12.3. The summed E-state index contributed by atoms with van der Waals surface area (Å²) in [5, 5.41) is 4.37. The summed E-state index contributed by atoms with van der Waals surface area (Å²) in [5.41, 5.74) is 0.719. The number of piperazine rings is 1. The first kappa shape index (κ1) is 16.6. The van der Waals surface area contributed by atoms with Crippen LogP contribution >= 0.6 is 35.6 Å². The molecule has 0 spiro atoms. The lowest BCUT2D eigenvalue weighted by molar-refractivity contribution is -0.133. The molecular weight excluding hydrogens is 307 g/mol. The molecule has 1 aromatic carbocycles. The summed E-state index contributed by atoms with van der Waals surface area (Å²) in [6.45, 7) is 4.45. The number of nitrogens with zero attached hydrogens (tertiary/aromatic N) is 1. The van der Waals surface area contributed by atoms with Gasteiger partial charge in [-0.3, -0.25) is 4.79 Å². The molecule has 19 heavy (non-hydrogen) atoms. The van der Waals surface area contributed by atoms with Gasteiger partial charge in [-0.05, 0) is 24.6 Å². The van der Waals surface area contributed by atoms with Crippen molar-refractivity contribution in [1.82, 2.24) is 10.2 Å². The Morgan fingerprint density at radius 2 is 2.05 bits per heavy atom. The molecule has 1 amide bonds. The molecule has 0 radical (unpaired) electrons. The van der Waals surface area contributed by atoms with Crippen molar-refractivity contribution < 1.29 is 4.79 Å². The fraction of sp³-hybridized carbons (Fsp3) is 0.462. The van der Waals surface area contributed by atoms with Gasteiger partial charge < -0.3 is 10.2 Å². The molecule has 1 aromatic rings. The SMILES string of the molecule is CC1CNCCN1C(=O)Cc1c(Cl)cccc1Cl.Cl. The van der Waals surface area contributed by atoms with Crippen molar-refractivity contribution in [3.05, 3.63) is 33.8 Å². The normalized spacial score (nSPS) is 18.9. The Kier molecular flexibility index (Phi) is 6.40. The highest BCUT2D eigenvalue weighted by Crippen LogP contribution is 2.25. The quantitative estimate of drug-likeness (QED) is 0.907. The van der Waals surface area contributed by atoms with Crippen LogP contribution in [-0.4, -0.2) is 36.5 Å². The van der Waals surface area contributed by atoms with Crippen LogP contribution in [-0.2, 0) is 11.2 Å². The van der Waals surface area contributed by atoms with Crippen LogP contribution < -0.4 is 5.32 Å². The Labute approximate surface area is 129 Å². The topological polar surface area (TPSA) is 32.3 Å². The lowest BCUT2D eigenvalue weighted by Gasteiger charge is -2.34. The highest BCUT2D eigenvalue weighted by molar-refractivity contribution is 6.36. The monoisotopic (exact) mass is 322 g/mol. The molecule has 1 saturated heterocycles. The van der Waals surface area contributed by atoms with Gasteiger partial charge in [0.25, 0.3) is 0 Å². The second kappa shape index (κ2) is 7.34. The minimum Gasteiger partial charge on any atom is -0.337 e. The van der Waals surface area contributed by atoms with Crippen LogP contribution in [0.15, 0.2) is 18.2 Å². The Morgan fingerprint density at radius 3 is 2.63 bits per heavy atom. The molecule has 0 bridgehead atoms. The van der Waals surface area contributed by atoms with E-state index in [1.807, 2.05) is 11.8 Å². The minimum absolute atomic E-state index is 0. The minimum atomic E-state index is 0. The van der Waals surface area contributed by atoms with Crippen molar-refractivity contribution in [3.8, 4) is 0 Å². The zero-order valence-electron chi connectivity index (χ0n) is 10.7. The molecule has 106 valence electrons. The van der Waals surface area contributed by atoms with Gasteiger partial charge in [0, 0.05) is 35.7 Å². The van der Waals surface area contributed by atoms with Crippen LogP contribution in [0, 0.1) is 0 Å². The van der Waals surface area contributed by atoms with E-state index in [0.717, 1.165) is 25.2 Å². The molecule has 0 saturated carbocycles. The summed E-state index contributed by atoms with van der Waals surface area (Å²) in [7, 11) is 0. The van der Waals surface area contributed by atoms with Crippen molar-refractivity contribution in [2.45, 2.75) is 19.4 Å². The zero-order chi connectivity index (χ0) is 13.1. The van der Waals surface area contributed by atoms with Crippen LogP contribution in [0.25, 0.3) is 0 Å². The van der Waals surface area contributed by atoms with E-state index in [1.165, 1.54) is 0 Å². The van der Waals surface area contributed by atoms with E-state index in [0.29, 0.717) is 10.0 Å². The van der Waals surface area contributed by atoms with Crippen molar-refractivity contribution in [2.24, 2.45) is 0 Å². The Hall–Kier alpha value is -0.480. The Bertz CT molecular complexity index is 433. The van der Waals surface area contributed by atoms with Gasteiger partial charge in [-0.25, -0.2) is 0 Å². The van der Waals surface area contributed by atoms with E-state index >= 15 is 0 Å². The van der Waals surface area contributed by atoms with E-state index < -0.39 is 0 Å². The zero-order valence-corrected chi connectivity index (χ0v) is 13.0. The van der Waals surface area contributed by atoms with Gasteiger partial charge in [0.2, 0.25) is 5.91 Å². The third-order valence-electron chi connectivity index (χ3n) is 3.21. The van der Waals surface area contributed by atoms with Gasteiger partial charge in [-0.15, -0.1) is 12.4 Å². The first-order valence-corrected chi connectivity index (χ1v) is 6.78. The van der Waals surface area contributed by atoms with Crippen LogP contribution in [0.3, 0.4) is 0 Å². The molecule has 2 rings (SSSR count). The molecule has 1 fully saturated rings. The molecule has 1 unspecified atom stereocenters. The molecule has 0 aliphatic carbocycles. The summed E-state index contributed by atoms with van der Waals surface area (Å²) in [4.78, 5) is 14.1. The average molecular weight is 324 g/mol. The molecule has 1 N–H and O–H groups in total. The van der Waals surface area contributed by atoms with Crippen molar-refractivity contribution in [2.75, 3.05) is 19.6 Å². The smallest absolute Gasteiger partial charge is 0.227 e. The number of carbonyl (C=O) groups excluding carboxylic acids is 1. The third kappa shape index (κ3) is 3.99. The highest BCUT2D eigenvalue weighted by atomic mass is 35.5. The first-order valence-electron chi connectivity index (χ1n) is 6.02.